The van der Waals surface area contributed by atoms with Gasteiger partial charge in [0.1, 0.15) is 6.54 Å². The number of nitrogens with two attached hydrogens (primary N) is 1. The number of carbonyl (C=O) groups excluding carboxylic acids is 1. The minimum absolute atomic E-state index is 0.0102. The summed E-state index contributed by atoms with van der Waals surface area (Å²) >= 11 is 0. The van der Waals surface area contributed by atoms with E-state index in [0.29, 0.717) is 11.1 Å². The van der Waals surface area contributed by atoms with Gasteiger partial charge < -0.3 is 21.6 Å². The van der Waals surface area contributed by atoms with E-state index < -0.39 is 18.8 Å². The molecule has 0 heterocycles. The maximum absolute atomic E-state index is 11.9. The van der Waals surface area contributed by atoms with Gasteiger partial charge in [-0.15, -0.1) is 0 Å². The fourth-order valence-electron chi connectivity index (χ4n) is 1.32. The lowest BCUT2D eigenvalue weighted by Crippen LogP contribution is -2.40. The number of nitrogens with one attached hydrogen (secondary N) is 2. The molecule has 1 rings (SSSR count). The molecule has 6 nitrogen and oxygen atoms in total. The molecule has 0 spiro atoms. The second-order valence-corrected chi connectivity index (χ2v) is 3.84. The summed E-state index contributed by atoms with van der Waals surface area (Å²) in [4.78, 5) is 11.1. The summed E-state index contributed by atoms with van der Waals surface area (Å²) in [6.07, 6.45) is -4.46. The van der Waals surface area contributed by atoms with E-state index in [4.69, 9.17) is 10.9 Å². The van der Waals surface area contributed by atoms with Crippen molar-refractivity contribution in [2.24, 2.45) is 10.9 Å². The van der Waals surface area contributed by atoms with Crippen molar-refractivity contribution >= 4 is 11.9 Å². The number of benzene rings is 1. The molecule has 0 atom stereocenters. The fourth-order valence-corrected chi connectivity index (χ4v) is 1.32. The molecule has 0 fully saturated rings. The van der Waals surface area contributed by atoms with E-state index in [1.165, 1.54) is 0 Å². The predicted molar refractivity (Wildman–Crippen MR) is 65.2 cm³/mol. The Morgan fingerprint density at radius 1 is 1.35 bits per heavy atom. The van der Waals surface area contributed by atoms with E-state index in [-0.39, 0.29) is 12.4 Å². The zero-order chi connectivity index (χ0) is 15.2. The van der Waals surface area contributed by atoms with Gasteiger partial charge >= 0.3 is 12.2 Å². The number of halogens is 3. The molecule has 0 aliphatic rings. The van der Waals surface area contributed by atoms with Gasteiger partial charge in [0.05, 0.1) is 0 Å². The Morgan fingerprint density at radius 2 is 2.05 bits per heavy atom. The second-order valence-electron chi connectivity index (χ2n) is 3.84. The van der Waals surface area contributed by atoms with Crippen LogP contribution in [-0.4, -0.2) is 29.8 Å². The molecule has 0 saturated heterocycles. The molecule has 1 aromatic rings. The summed E-state index contributed by atoms with van der Waals surface area (Å²) in [5.74, 6) is -0.103. The van der Waals surface area contributed by atoms with Crippen molar-refractivity contribution in [2.45, 2.75) is 12.7 Å². The molecule has 9 heteroatoms. The zero-order valence-electron chi connectivity index (χ0n) is 10.2. The van der Waals surface area contributed by atoms with Crippen LogP contribution in [-0.2, 0) is 6.54 Å². The van der Waals surface area contributed by atoms with Crippen molar-refractivity contribution in [3.63, 3.8) is 0 Å². The molecule has 20 heavy (non-hydrogen) atoms. The summed E-state index contributed by atoms with van der Waals surface area (Å²) in [5, 5.41) is 15.3. The number of rotatable bonds is 4. The Bertz CT molecular complexity index is 503. The van der Waals surface area contributed by atoms with E-state index in [0.717, 1.165) is 0 Å². The van der Waals surface area contributed by atoms with Gasteiger partial charge in [0.2, 0.25) is 0 Å². The minimum atomic E-state index is -4.46. The molecule has 0 radical (unpaired) electrons. The van der Waals surface area contributed by atoms with Crippen LogP contribution in [0.25, 0.3) is 0 Å². The van der Waals surface area contributed by atoms with E-state index in [9.17, 15) is 18.0 Å². The molecule has 0 aliphatic carbocycles. The van der Waals surface area contributed by atoms with Crippen LogP contribution in [0, 0.1) is 0 Å². The van der Waals surface area contributed by atoms with Crippen molar-refractivity contribution in [2.75, 3.05) is 6.54 Å². The van der Waals surface area contributed by atoms with Crippen LogP contribution in [0.3, 0.4) is 0 Å². The van der Waals surface area contributed by atoms with Gasteiger partial charge in [-0.05, 0) is 11.6 Å². The lowest BCUT2D eigenvalue weighted by Gasteiger charge is -2.10. The zero-order valence-corrected chi connectivity index (χ0v) is 10.2. The van der Waals surface area contributed by atoms with Crippen LogP contribution < -0.4 is 16.4 Å². The van der Waals surface area contributed by atoms with Gasteiger partial charge in [-0.2, -0.15) is 13.2 Å². The molecule has 2 amide bonds. The van der Waals surface area contributed by atoms with E-state index in [1.807, 2.05) is 0 Å². The number of amidine groups is 1. The van der Waals surface area contributed by atoms with Crippen molar-refractivity contribution < 1.29 is 23.2 Å². The Balaban J connectivity index is 2.52. The van der Waals surface area contributed by atoms with Crippen LogP contribution in [0.4, 0.5) is 18.0 Å². The largest absolute Gasteiger partial charge is 0.409 e. The first-order valence-corrected chi connectivity index (χ1v) is 5.47. The third-order valence-corrected chi connectivity index (χ3v) is 2.23. The highest BCUT2D eigenvalue weighted by molar-refractivity contribution is 5.97. The quantitative estimate of drug-likeness (QED) is 0.289. The van der Waals surface area contributed by atoms with Crippen molar-refractivity contribution in [1.82, 2.24) is 10.6 Å². The topological polar surface area (TPSA) is 99.7 Å². The highest BCUT2D eigenvalue weighted by atomic mass is 19.4. The molecule has 0 unspecified atom stereocenters. The Hall–Kier alpha value is -2.45. The second kappa shape index (κ2) is 6.64. The average molecular weight is 290 g/mol. The van der Waals surface area contributed by atoms with Crippen LogP contribution in [0.5, 0.6) is 0 Å². The van der Waals surface area contributed by atoms with E-state index >= 15 is 0 Å². The van der Waals surface area contributed by atoms with Crippen molar-refractivity contribution in [3.8, 4) is 0 Å². The first-order chi connectivity index (χ1) is 9.31. The van der Waals surface area contributed by atoms with Gasteiger partial charge in [0.15, 0.2) is 5.84 Å². The first-order valence-electron chi connectivity index (χ1n) is 5.47. The number of nitrogens with zero attached hydrogens (tertiary/aromatic N) is 1. The number of amides is 2. The SMILES string of the molecule is N/C(=N/O)c1cccc(CNC(=O)NCC(F)(F)F)c1. The third kappa shape index (κ3) is 5.46. The number of urea groups is 1. The number of carbonyl (C=O) groups is 1. The summed E-state index contributed by atoms with van der Waals surface area (Å²) in [6, 6.07) is 5.44. The molecule has 5 N–H and O–H groups in total. The molecular formula is C11H13F3N4O2. The molecule has 0 aliphatic heterocycles. The first kappa shape index (κ1) is 15.6. The lowest BCUT2D eigenvalue weighted by atomic mass is 10.1. The van der Waals surface area contributed by atoms with Crippen LogP contribution in [0.2, 0.25) is 0 Å². The Labute approximate surface area is 112 Å². The lowest BCUT2D eigenvalue weighted by molar-refractivity contribution is -0.122. The Kier molecular flexibility index (Phi) is 5.18. The van der Waals surface area contributed by atoms with Crippen LogP contribution in [0.15, 0.2) is 29.4 Å². The maximum atomic E-state index is 11.9. The van der Waals surface area contributed by atoms with Crippen molar-refractivity contribution in [1.29, 1.82) is 0 Å². The maximum Gasteiger partial charge on any atom is 0.405 e. The summed E-state index contributed by atoms with van der Waals surface area (Å²) < 4.78 is 35.6. The molecule has 0 bridgehead atoms. The number of hydrogen-bond acceptors (Lipinski definition) is 3. The van der Waals surface area contributed by atoms with Crippen molar-refractivity contribution in [3.05, 3.63) is 35.4 Å². The summed E-state index contributed by atoms with van der Waals surface area (Å²) in [7, 11) is 0. The standard InChI is InChI=1S/C11H13F3N4O2/c12-11(13,14)6-17-10(19)16-5-7-2-1-3-8(4-7)9(15)18-20/h1-4,20H,5-6H2,(H2,15,18)(H2,16,17,19). The minimum Gasteiger partial charge on any atom is -0.409 e. The van der Waals surface area contributed by atoms with Crippen LogP contribution >= 0.6 is 0 Å². The Morgan fingerprint density at radius 3 is 2.65 bits per heavy atom. The number of hydrogen-bond donors (Lipinski definition) is 4. The highest BCUT2D eigenvalue weighted by Gasteiger charge is 2.27. The predicted octanol–water partition coefficient (Wildman–Crippen LogP) is 1.14. The number of alkyl halides is 3. The average Bonchev–Trinajstić information content (AvgIpc) is 2.41. The molecule has 110 valence electrons. The fraction of sp³-hybridized carbons (Fsp3) is 0.273. The smallest absolute Gasteiger partial charge is 0.405 e. The van der Waals surface area contributed by atoms with Gasteiger partial charge in [-0.25, -0.2) is 4.79 Å². The summed E-state index contributed by atoms with van der Waals surface area (Å²) in [6.45, 7) is -1.39. The number of oxime groups is 1. The van der Waals surface area contributed by atoms with E-state index in [2.05, 4.69) is 10.5 Å². The van der Waals surface area contributed by atoms with Gasteiger partial charge in [-0.3, -0.25) is 0 Å². The normalized spacial score (nSPS) is 12.1. The molecule has 0 saturated carbocycles. The van der Waals surface area contributed by atoms with Gasteiger partial charge in [-0.1, -0.05) is 23.4 Å². The van der Waals surface area contributed by atoms with E-state index in [1.54, 1.807) is 29.6 Å². The molecule has 1 aromatic carbocycles. The van der Waals surface area contributed by atoms with Gasteiger partial charge in [0, 0.05) is 12.1 Å². The molecular weight excluding hydrogens is 277 g/mol. The third-order valence-electron chi connectivity index (χ3n) is 2.23. The monoisotopic (exact) mass is 290 g/mol. The highest BCUT2D eigenvalue weighted by Crippen LogP contribution is 2.12. The molecule has 0 aromatic heterocycles. The van der Waals surface area contributed by atoms with Crippen LogP contribution in [0.1, 0.15) is 11.1 Å². The van der Waals surface area contributed by atoms with Gasteiger partial charge in [0.25, 0.3) is 0 Å². The summed E-state index contributed by atoms with van der Waals surface area (Å²) in [5.41, 5.74) is 6.42.